The Kier molecular flexibility index (Phi) is 21.5. The second-order valence-corrected chi connectivity index (χ2v) is 16.9. The minimum atomic E-state index is -2.03. The first-order chi connectivity index (χ1) is 16.7. The number of carbonyl (C=O) groups excluding carboxylic acids is 1. The molecular formula is C30H59ClO3Si. The Labute approximate surface area is 225 Å². The number of hydrogen-bond donors (Lipinski definition) is 0. The van der Waals surface area contributed by atoms with Gasteiger partial charge in [-0.05, 0) is 48.7 Å². The zero-order valence-corrected chi connectivity index (χ0v) is 26.1. The average molecular weight is 531 g/mol. The summed E-state index contributed by atoms with van der Waals surface area (Å²) in [6, 6.07) is 0. The van der Waals surface area contributed by atoms with Gasteiger partial charge in [0.05, 0.1) is 12.0 Å². The van der Waals surface area contributed by atoms with Crippen molar-refractivity contribution in [1.29, 1.82) is 0 Å². The number of unbranched alkanes of at least 4 members (excludes halogenated alkanes) is 11. The lowest BCUT2D eigenvalue weighted by Gasteiger charge is -2.44. The molecular weight excluding hydrogens is 472 g/mol. The fourth-order valence-electron chi connectivity index (χ4n) is 5.41. The topological polar surface area (TPSA) is 35.5 Å². The third-order valence-electron chi connectivity index (χ3n) is 7.32. The van der Waals surface area contributed by atoms with Crippen molar-refractivity contribution in [3.63, 3.8) is 0 Å². The third kappa shape index (κ3) is 15.5. The van der Waals surface area contributed by atoms with Crippen molar-refractivity contribution in [2.45, 2.75) is 161 Å². The molecule has 0 amide bonds. The summed E-state index contributed by atoms with van der Waals surface area (Å²) in [6.45, 7) is 16.1. The van der Waals surface area contributed by atoms with Gasteiger partial charge in [-0.25, -0.2) is 0 Å². The summed E-state index contributed by atoms with van der Waals surface area (Å²) >= 11 is 6.22. The largest absolute Gasteiger partial charge is 0.463 e. The Bertz CT molecular complexity index is 512. The van der Waals surface area contributed by atoms with Gasteiger partial charge in [-0.3, -0.25) is 4.79 Å². The first-order valence-electron chi connectivity index (χ1n) is 14.8. The zero-order chi connectivity index (χ0) is 26.5. The molecule has 0 aromatic carbocycles. The first-order valence-corrected chi connectivity index (χ1v) is 17.4. The number of ether oxygens (including phenoxy) is 1. The van der Waals surface area contributed by atoms with Gasteiger partial charge in [-0.1, -0.05) is 112 Å². The van der Waals surface area contributed by atoms with Crippen LogP contribution in [0.4, 0.5) is 0 Å². The van der Waals surface area contributed by atoms with E-state index in [1.165, 1.54) is 70.6 Å². The van der Waals surface area contributed by atoms with Crippen molar-refractivity contribution < 1.29 is 14.0 Å². The molecule has 0 aromatic rings. The van der Waals surface area contributed by atoms with Gasteiger partial charge in [0.2, 0.25) is 8.32 Å². The Morgan fingerprint density at radius 3 is 1.66 bits per heavy atom. The number of allylic oxidation sites excluding steroid dienone is 2. The molecule has 0 spiro atoms. The van der Waals surface area contributed by atoms with Crippen LogP contribution in [0.2, 0.25) is 16.6 Å². The average Bonchev–Trinajstić information content (AvgIpc) is 2.81. The van der Waals surface area contributed by atoms with Crippen LogP contribution in [0.1, 0.15) is 138 Å². The van der Waals surface area contributed by atoms with E-state index in [-0.39, 0.29) is 18.7 Å². The number of esters is 1. The van der Waals surface area contributed by atoms with E-state index < -0.39 is 8.32 Å². The van der Waals surface area contributed by atoms with Gasteiger partial charge in [-0.15, -0.1) is 11.6 Å². The molecule has 0 bridgehead atoms. The Morgan fingerprint density at radius 1 is 0.743 bits per heavy atom. The molecule has 208 valence electrons. The molecule has 0 rings (SSSR count). The molecule has 3 nitrogen and oxygen atoms in total. The Morgan fingerprint density at radius 2 is 1.20 bits per heavy atom. The van der Waals surface area contributed by atoms with Crippen LogP contribution in [-0.4, -0.2) is 32.9 Å². The molecule has 1 atom stereocenters. The lowest BCUT2D eigenvalue weighted by molar-refractivity contribution is -0.146. The van der Waals surface area contributed by atoms with Crippen molar-refractivity contribution in [2.24, 2.45) is 0 Å². The maximum atomic E-state index is 12.2. The summed E-state index contributed by atoms with van der Waals surface area (Å²) in [5, 5.41) is 0. The van der Waals surface area contributed by atoms with Gasteiger partial charge in [0, 0.05) is 6.42 Å². The predicted molar refractivity (Wildman–Crippen MR) is 157 cm³/mol. The highest BCUT2D eigenvalue weighted by molar-refractivity contribution is 6.77. The number of hydrogen-bond acceptors (Lipinski definition) is 3. The minimum Gasteiger partial charge on any atom is -0.463 e. The smallest absolute Gasteiger partial charge is 0.305 e. The fraction of sp³-hybridized carbons (Fsp3) is 0.900. The highest BCUT2D eigenvalue weighted by atomic mass is 35.5. The van der Waals surface area contributed by atoms with Crippen LogP contribution in [0.25, 0.3) is 0 Å². The van der Waals surface area contributed by atoms with Crippen LogP contribution in [0.15, 0.2) is 12.2 Å². The van der Waals surface area contributed by atoms with Crippen molar-refractivity contribution in [1.82, 2.24) is 0 Å². The van der Waals surface area contributed by atoms with E-state index in [0.717, 1.165) is 12.8 Å². The van der Waals surface area contributed by atoms with Gasteiger partial charge >= 0.3 is 5.97 Å². The summed E-state index contributed by atoms with van der Waals surface area (Å²) < 4.78 is 12.2. The van der Waals surface area contributed by atoms with E-state index in [1.807, 2.05) is 0 Å². The monoisotopic (exact) mass is 530 g/mol. The molecule has 5 heteroatoms. The summed E-state index contributed by atoms with van der Waals surface area (Å²) in [5.74, 6) is 0.244. The normalized spacial score (nSPS) is 13.5. The van der Waals surface area contributed by atoms with E-state index >= 15 is 0 Å². The van der Waals surface area contributed by atoms with Crippen LogP contribution in [0, 0.1) is 0 Å². The summed E-state index contributed by atoms with van der Waals surface area (Å²) in [7, 11) is -2.03. The lowest BCUT2D eigenvalue weighted by atomic mass is 10.1. The molecule has 0 fully saturated rings. The quantitative estimate of drug-likeness (QED) is 0.0433. The molecule has 35 heavy (non-hydrogen) atoms. The molecule has 0 saturated heterocycles. The molecule has 0 radical (unpaired) electrons. The van der Waals surface area contributed by atoms with Gasteiger partial charge in [0.15, 0.2) is 0 Å². The lowest BCUT2D eigenvalue weighted by Crippen LogP contribution is -2.51. The van der Waals surface area contributed by atoms with Gasteiger partial charge in [-0.2, -0.15) is 0 Å². The minimum absolute atomic E-state index is 0.118. The molecule has 0 aliphatic rings. The molecule has 0 aliphatic heterocycles. The molecule has 0 aliphatic carbocycles. The second-order valence-electron chi connectivity index (χ2n) is 11.2. The van der Waals surface area contributed by atoms with Crippen molar-refractivity contribution >= 4 is 25.9 Å². The van der Waals surface area contributed by atoms with Crippen LogP contribution < -0.4 is 0 Å². The van der Waals surface area contributed by atoms with E-state index in [9.17, 15) is 4.79 Å². The highest BCUT2D eigenvalue weighted by Crippen LogP contribution is 2.43. The van der Waals surface area contributed by atoms with Gasteiger partial charge < -0.3 is 9.16 Å². The second kappa shape index (κ2) is 21.7. The molecule has 0 saturated carbocycles. The van der Waals surface area contributed by atoms with Crippen LogP contribution in [0.3, 0.4) is 0 Å². The van der Waals surface area contributed by atoms with E-state index in [1.54, 1.807) is 0 Å². The summed E-state index contributed by atoms with van der Waals surface area (Å²) in [4.78, 5) is 12.2. The number of rotatable bonds is 23. The van der Waals surface area contributed by atoms with Crippen molar-refractivity contribution in [3.05, 3.63) is 12.2 Å². The molecule has 0 heterocycles. The SMILES string of the molecule is CCCCCCCC/C=C\CCCCCCCC(=O)OCC(CCl)O[Si](C(C)C)(C(C)C)C(C)C. The molecule has 0 aromatic heterocycles. The van der Waals surface area contributed by atoms with Gasteiger partial charge in [0.1, 0.15) is 6.61 Å². The van der Waals surface area contributed by atoms with E-state index in [0.29, 0.717) is 28.9 Å². The maximum absolute atomic E-state index is 12.2. The van der Waals surface area contributed by atoms with Crippen molar-refractivity contribution in [2.75, 3.05) is 12.5 Å². The first kappa shape index (κ1) is 34.7. The van der Waals surface area contributed by atoms with Crippen LogP contribution in [0.5, 0.6) is 0 Å². The Hall–Kier alpha value is -0.323. The summed E-state index contributed by atoms with van der Waals surface area (Å²) in [5.41, 5.74) is 1.46. The van der Waals surface area contributed by atoms with Crippen LogP contribution >= 0.6 is 11.6 Å². The Balaban J connectivity index is 3.94. The molecule has 1 unspecified atom stereocenters. The van der Waals surface area contributed by atoms with Gasteiger partial charge in [0.25, 0.3) is 0 Å². The standard InChI is InChI=1S/C30H59ClO3Si/c1-8-9-10-11-12-13-14-15-16-17-18-19-20-21-22-23-30(32)33-25-29(24-31)34-35(26(2)3,27(4)5)28(6)7/h15-16,26-29H,8-14,17-25H2,1-7H3/b16-15-. The fourth-order valence-corrected chi connectivity index (χ4v) is 11.2. The van der Waals surface area contributed by atoms with Crippen LogP contribution in [-0.2, 0) is 14.0 Å². The van der Waals surface area contributed by atoms with E-state index in [2.05, 4.69) is 60.6 Å². The predicted octanol–water partition coefficient (Wildman–Crippen LogP) is 10.4. The highest BCUT2D eigenvalue weighted by Gasteiger charge is 2.46. The van der Waals surface area contributed by atoms with E-state index in [4.69, 9.17) is 20.8 Å². The van der Waals surface area contributed by atoms with Crippen molar-refractivity contribution in [3.8, 4) is 0 Å². The zero-order valence-electron chi connectivity index (χ0n) is 24.4. The number of alkyl halides is 1. The molecule has 0 N–H and O–H groups in total. The number of carbonyl (C=O) groups is 1. The number of halogens is 1. The third-order valence-corrected chi connectivity index (χ3v) is 13.8. The summed E-state index contributed by atoms with van der Waals surface area (Å²) in [6.07, 6.45) is 21.3. The maximum Gasteiger partial charge on any atom is 0.305 e.